The van der Waals surface area contributed by atoms with Gasteiger partial charge in [0.05, 0.1) is 12.2 Å². The summed E-state index contributed by atoms with van der Waals surface area (Å²) in [5, 5.41) is 3.34. The minimum absolute atomic E-state index is 0.0294. The van der Waals surface area contributed by atoms with Crippen LogP contribution in [0.25, 0.3) is 0 Å². The monoisotopic (exact) mass is 415 g/mol. The number of benzene rings is 1. The topological polar surface area (TPSA) is 81.7 Å². The average molecular weight is 416 g/mol. The van der Waals surface area contributed by atoms with Crippen molar-refractivity contribution in [1.29, 1.82) is 0 Å². The molecule has 154 valence electrons. The van der Waals surface area contributed by atoms with Crippen LogP contribution in [-0.2, 0) is 9.53 Å². The minimum atomic E-state index is -0.952. The van der Waals surface area contributed by atoms with Crippen molar-refractivity contribution >= 4 is 34.0 Å². The Labute approximate surface area is 174 Å². The molecule has 0 unspecified atom stereocenters. The van der Waals surface area contributed by atoms with Crippen LogP contribution in [0.1, 0.15) is 57.8 Å². The zero-order valence-corrected chi connectivity index (χ0v) is 17.9. The van der Waals surface area contributed by atoms with E-state index in [-0.39, 0.29) is 17.6 Å². The third-order valence-electron chi connectivity index (χ3n) is 4.88. The molecule has 0 spiro atoms. The molecule has 1 N–H and O–H groups in total. The molecule has 3 rings (SSSR count). The van der Waals surface area contributed by atoms with Crippen LogP contribution >= 0.6 is 11.3 Å². The lowest BCUT2D eigenvalue weighted by molar-refractivity contribution is -0.117. The summed E-state index contributed by atoms with van der Waals surface area (Å²) in [7, 11) is 0. The van der Waals surface area contributed by atoms with Crippen molar-refractivity contribution in [1.82, 2.24) is 0 Å². The van der Waals surface area contributed by atoms with Crippen molar-refractivity contribution in [2.75, 3.05) is 11.9 Å². The van der Waals surface area contributed by atoms with Crippen molar-refractivity contribution < 1.29 is 23.9 Å². The highest BCUT2D eigenvalue weighted by Crippen LogP contribution is 2.36. The Balaban J connectivity index is 1.71. The van der Waals surface area contributed by atoms with E-state index in [1.54, 1.807) is 31.2 Å². The average Bonchev–Trinajstić information content (AvgIpc) is 3.49. The van der Waals surface area contributed by atoms with Crippen LogP contribution in [0.5, 0.6) is 5.75 Å². The van der Waals surface area contributed by atoms with Gasteiger partial charge in [-0.05, 0) is 70.4 Å². The number of carbonyl (C=O) groups is 3. The molecule has 7 heteroatoms. The summed E-state index contributed by atoms with van der Waals surface area (Å²) >= 11 is 1.35. The van der Waals surface area contributed by atoms with Crippen LogP contribution in [0.3, 0.4) is 0 Å². The standard InChI is InChI=1S/C22H25NO5S/c1-5-27-17-10-8-15(9-11-17)19(24)13(3)28-22(26)18-12(2)14(4)29-21(18)23-20(25)16-6-7-16/h8-11,13,16H,5-7H2,1-4H3,(H,23,25)/t13-/m1/s1. The molecule has 1 aromatic carbocycles. The highest BCUT2D eigenvalue weighted by atomic mass is 32.1. The SMILES string of the molecule is CCOc1ccc(C(=O)[C@@H](C)OC(=O)c2c(NC(=O)C3CC3)sc(C)c2C)cc1. The predicted molar refractivity (Wildman–Crippen MR) is 112 cm³/mol. The van der Waals surface area contributed by atoms with Crippen molar-refractivity contribution in [3.8, 4) is 5.75 Å². The van der Waals surface area contributed by atoms with Crippen molar-refractivity contribution in [2.45, 2.75) is 46.6 Å². The minimum Gasteiger partial charge on any atom is -0.494 e. The van der Waals surface area contributed by atoms with Crippen LogP contribution in [0.2, 0.25) is 0 Å². The summed E-state index contributed by atoms with van der Waals surface area (Å²) in [6.45, 7) is 7.68. The van der Waals surface area contributed by atoms with E-state index in [0.29, 0.717) is 28.5 Å². The summed E-state index contributed by atoms with van der Waals surface area (Å²) < 4.78 is 10.8. The van der Waals surface area contributed by atoms with Gasteiger partial charge >= 0.3 is 5.97 Å². The molecule has 0 radical (unpaired) electrons. The molecule has 1 atom stereocenters. The normalized spacial score (nSPS) is 14.2. The lowest BCUT2D eigenvalue weighted by Crippen LogP contribution is -2.25. The third kappa shape index (κ3) is 4.85. The van der Waals surface area contributed by atoms with Crippen molar-refractivity contribution in [2.24, 2.45) is 5.92 Å². The Bertz CT molecular complexity index is 927. The number of thiophene rings is 1. The van der Waals surface area contributed by atoms with Gasteiger partial charge in [0.15, 0.2) is 6.10 Å². The summed E-state index contributed by atoms with van der Waals surface area (Å²) in [6, 6.07) is 6.73. The van der Waals surface area contributed by atoms with Gasteiger partial charge in [0.1, 0.15) is 10.8 Å². The number of carbonyl (C=O) groups excluding carboxylic acids is 3. The molecule has 29 heavy (non-hydrogen) atoms. The van der Waals surface area contributed by atoms with Gasteiger partial charge in [-0.25, -0.2) is 4.79 Å². The third-order valence-corrected chi connectivity index (χ3v) is 6.00. The molecule has 1 aliphatic rings. The maximum atomic E-state index is 12.8. The number of aryl methyl sites for hydroxylation is 1. The summed E-state index contributed by atoms with van der Waals surface area (Å²) in [5.41, 5.74) is 1.52. The molecule has 1 heterocycles. The number of nitrogens with one attached hydrogen (secondary N) is 1. The van der Waals surface area contributed by atoms with E-state index >= 15 is 0 Å². The summed E-state index contributed by atoms with van der Waals surface area (Å²) in [4.78, 5) is 38.5. The van der Waals surface area contributed by atoms with E-state index in [2.05, 4.69) is 5.32 Å². The molecular weight excluding hydrogens is 390 g/mol. The van der Waals surface area contributed by atoms with Crippen molar-refractivity contribution in [3.63, 3.8) is 0 Å². The number of anilines is 1. The van der Waals surface area contributed by atoms with E-state index in [9.17, 15) is 14.4 Å². The molecule has 1 aliphatic carbocycles. The summed E-state index contributed by atoms with van der Waals surface area (Å²) in [5.74, 6) is -0.269. The molecule has 0 bridgehead atoms. The molecular formula is C22H25NO5S. The largest absolute Gasteiger partial charge is 0.494 e. The number of Topliss-reactive ketones (excluding diaryl/α,β-unsaturated/α-hetero) is 1. The fourth-order valence-corrected chi connectivity index (χ4v) is 3.96. The number of ether oxygens (including phenoxy) is 2. The highest BCUT2D eigenvalue weighted by molar-refractivity contribution is 7.16. The maximum Gasteiger partial charge on any atom is 0.342 e. The Morgan fingerprint density at radius 2 is 1.83 bits per heavy atom. The zero-order chi connectivity index (χ0) is 21.1. The van der Waals surface area contributed by atoms with Crippen LogP contribution in [-0.4, -0.2) is 30.4 Å². The molecule has 0 saturated heterocycles. The number of amides is 1. The maximum absolute atomic E-state index is 12.8. The second-order valence-corrected chi connectivity index (χ2v) is 8.34. The van der Waals surface area contributed by atoms with Crippen LogP contribution in [0.4, 0.5) is 5.00 Å². The van der Waals surface area contributed by atoms with E-state index in [1.165, 1.54) is 11.3 Å². The Morgan fingerprint density at radius 3 is 2.41 bits per heavy atom. The first kappa shape index (κ1) is 21.0. The van der Waals surface area contributed by atoms with Gasteiger partial charge < -0.3 is 14.8 Å². The van der Waals surface area contributed by atoms with Gasteiger partial charge in [-0.2, -0.15) is 0 Å². The van der Waals surface area contributed by atoms with Gasteiger partial charge in [-0.15, -0.1) is 11.3 Å². The highest BCUT2D eigenvalue weighted by Gasteiger charge is 2.32. The van der Waals surface area contributed by atoms with E-state index in [4.69, 9.17) is 9.47 Å². The fraction of sp³-hybridized carbons (Fsp3) is 0.409. The number of ketones is 1. The number of rotatable bonds is 8. The van der Waals surface area contributed by atoms with Gasteiger partial charge in [0.25, 0.3) is 0 Å². The predicted octanol–water partition coefficient (Wildman–Crippen LogP) is 4.54. The smallest absolute Gasteiger partial charge is 0.342 e. The van der Waals surface area contributed by atoms with Gasteiger partial charge in [0.2, 0.25) is 11.7 Å². The van der Waals surface area contributed by atoms with Crippen LogP contribution in [0, 0.1) is 19.8 Å². The van der Waals surface area contributed by atoms with Gasteiger partial charge in [-0.1, -0.05) is 0 Å². The van der Waals surface area contributed by atoms with Crippen LogP contribution in [0.15, 0.2) is 24.3 Å². The number of hydrogen-bond acceptors (Lipinski definition) is 6. The quantitative estimate of drug-likeness (QED) is 0.506. The molecule has 1 fully saturated rings. The Morgan fingerprint density at radius 1 is 1.17 bits per heavy atom. The lowest BCUT2D eigenvalue weighted by atomic mass is 10.1. The Hall–Kier alpha value is -2.67. The second-order valence-electron chi connectivity index (χ2n) is 7.12. The second kappa shape index (κ2) is 8.78. The lowest BCUT2D eigenvalue weighted by Gasteiger charge is -2.14. The first-order valence-electron chi connectivity index (χ1n) is 9.70. The molecule has 1 amide bonds. The van der Waals surface area contributed by atoms with E-state index in [0.717, 1.165) is 23.3 Å². The summed E-state index contributed by atoms with van der Waals surface area (Å²) in [6.07, 6.45) is 0.803. The van der Waals surface area contributed by atoms with Crippen molar-refractivity contribution in [3.05, 3.63) is 45.8 Å². The molecule has 0 aliphatic heterocycles. The first-order chi connectivity index (χ1) is 13.8. The van der Waals surface area contributed by atoms with Gasteiger partial charge in [-0.3, -0.25) is 9.59 Å². The van der Waals surface area contributed by atoms with Gasteiger partial charge in [0, 0.05) is 16.4 Å². The van der Waals surface area contributed by atoms with E-state index < -0.39 is 12.1 Å². The molecule has 2 aromatic rings. The molecule has 6 nitrogen and oxygen atoms in total. The molecule has 1 aromatic heterocycles. The fourth-order valence-electron chi connectivity index (χ4n) is 2.91. The van der Waals surface area contributed by atoms with E-state index in [1.807, 2.05) is 20.8 Å². The number of hydrogen-bond donors (Lipinski definition) is 1. The molecule has 1 saturated carbocycles. The first-order valence-corrected chi connectivity index (χ1v) is 10.5. The number of esters is 1. The Kier molecular flexibility index (Phi) is 6.37. The zero-order valence-electron chi connectivity index (χ0n) is 17.0. The van der Waals surface area contributed by atoms with Crippen LogP contribution < -0.4 is 10.1 Å².